The van der Waals surface area contributed by atoms with Crippen LogP contribution in [0.3, 0.4) is 0 Å². The molecule has 2 aromatic carbocycles. The summed E-state index contributed by atoms with van der Waals surface area (Å²) >= 11 is 0. The summed E-state index contributed by atoms with van der Waals surface area (Å²) in [6.07, 6.45) is 5.58. The van der Waals surface area contributed by atoms with Gasteiger partial charge in [-0.3, -0.25) is 14.5 Å². The number of hydrogen-bond donors (Lipinski definition) is 1. The maximum Gasteiger partial charge on any atom is 0.294 e. The summed E-state index contributed by atoms with van der Waals surface area (Å²) in [6, 6.07) is 19.0. The zero-order valence-corrected chi connectivity index (χ0v) is 17.5. The van der Waals surface area contributed by atoms with Gasteiger partial charge in [0.15, 0.2) is 5.76 Å². The number of carbonyl (C=O) groups excluding carboxylic acids is 2. The first kappa shape index (κ1) is 20.7. The van der Waals surface area contributed by atoms with Crippen molar-refractivity contribution in [1.82, 2.24) is 5.32 Å². The zero-order valence-electron chi connectivity index (χ0n) is 17.5. The van der Waals surface area contributed by atoms with Gasteiger partial charge in [-0.25, -0.2) is 0 Å². The fourth-order valence-electron chi connectivity index (χ4n) is 4.05. The van der Waals surface area contributed by atoms with E-state index in [0.717, 1.165) is 25.7 Å². The molecule has 31 heavy (non-hydrogen) atoms. The third-order valence-corrected chi connectivity index (χ3v) is 5.62. The van der Waals surface area contributed by atoms with E-state index in [-0.39, 0.29) is 23.6 Å². The first-order valence-electron chi connectivity index (χ1n) is 10.5. The van der Waals surface area contributed by atoms with E-state index in [1.165, 1.54) is 11.2 Å². The van der Waals surface area contributed by atoms with Crippen molar-refractivity contribution >= 4 is 17.5 Å². The van der Waals surface area contributed by atoms with Gasteiger partial charge in [0.1, 0.15) is 11.8 Å². The third kappa shape index (κ3) is 4.63. The molecule has 160 valence electrons. The molecule has 1 fully saturated rings. The molecule has 1 atom stereocenters. The largest absolute Gasteiger partial charge is 0.497 e. The van der Waals surface area contributed by atoms with Crippen LogP contribution in [-0.2, 0) is 4.79 Å². The van der Waals surface area contributed by atoms with Crippen LogP contribution in [0, 0.1) is 0 Å². The van der Waals surface area contributed by atoms with Gasteiger partial charge < -0.3 is 14.5 Å². The average Bonchev–Trinajstić information content (AvgIpc) is 3.52. The lowest BCUT2D eigenvalue weighted by Crippen LogP contribution is -2.46. The second-order valence-corrected chi connectivity index (χ2v) is 7.65. The van der Waals surface area contributed by atoms with Crippen LogP contribution in [0.1, 0.15) is 47.8 Å². The molecule has 0 spiro atoms. The number of para-hydroxylation sites is 1. The van der Waals surface area contributed by atoms with E-state index in [1.54, 1.807) is 31.4 Å². The topological polar surface area (TPSA) is 71.8 Å². The number of nitrogens with one attached hydrogen (secondary N) is 1. The molecule has 1 aliphatic rings. The second kappa shape index (κ2) is 9.51. The van der Waals surface area contributed by atoms with Crippen molar-refractivity contribution in [1.29, 1.82) is 0 Å². The monoisotopic (exact) mass is 418 g/mol. The molecule has 0 aliphatic heterocycles. The molecule has 1 N–H and O–H groups in total. The number of ether oxygens (including phenoxy) is 1. The molecule has 6 heteroatoms. The van der Waals surface area contributed by atoms with Crippen LogP contribution in [-0.4, -0.2) is 25.0 Å². The number of hydrogen-bond acceptors (Lipinski definition) is 4. The number of nitrogens with zero attached hydrogens (tertiary/aromatic N) is 1. The average molecular weight is 418 g/mol. The number of anilines is 1. The first-order valence-corrected chi connectivity index (χ1v) is 10.5. The van der Waals surface area contributed by atoms with Crippen LogP contribution < -0.4 is 15.0 Å². The molecule has 0 unspecified atom stereocenters. The molecule has 4 rings (SSSR count). The van der Waals surface area contributed by atoms with Crippen molar-refractivity contribution in [2.75, 3.05) is 12.0 Å². The Morgan fingerprint density at radius 2 is 1.71 bits per heavy atom. The van der Waals surface area contributed by atoms with Gasteiger partial charge in [0.25, 0.3) is 5.91 Å². The molecule has 1 aromatic heterocycles. The number of carbonyl (C=O) groups is 2. The maximum atomic E-state index is 13.6. The Bertz CT molecular complexity index is 994. The number of rotatable bonds is 7. The van der Waals surface area contributed by atoms with E-state index in [9.17, 15) is 9.59 Å². The fourth-order valence-corrected chi connectivity index (χ4v) is 4.05. The minimum Gasteiger partial charge on any atom is -0.497 e. The third-order valence-electron chi connectivity index (χ3n) is 5.62. The first-order chi connectivity index (χ1) is 15.2. The fraction of sp³-hybridized carbons (Fsp3) is 0.280. The normalized spacial score (nSPS) is 14.7. The minimum absolute atomic E-state index is 0.129. The Morgan fingerprint density at radius 1 is 1.00 bits per heavy atom. The van der Waals surface area contributed by atoms with Crippen LogP contribution in [0.4, 0.5) is 5.69 Å². The van der Waals surface area contributed by atoms with Gasteiger partial charge in [0.05, 0.1) is 13.4 Å². The van der Waals surface area contributed by atoms with Crippen LogP contribution in [0.25, 0.3) is 0 Å². The molecular weight excluding hydrogens is 392 g/mol. The van der Waals surface area contributed by atoms with E-state index >= 15 is 0 Å². The number of methoxy groups -OCH3 is 1. The zero-order chi connectivity index (χ0) is 21.6. The molecular formula is C25H26N2O4. The quantitative estimate of drug-likeness (QED) is 0.602. The lowest BCUT2D eigenvalue weighted by molar-refractivity contribution is -0.123. The van der Waals surface area contributed by atoms with Crippen LogP contribution in [0.5, 0.6) is 5.75 Å². The summed E-state index contributed by atoms with van der Waals surface area (Å²) in [4.78, 5) is 28.6. The van der Waals surface area contributed by atoms with E-state index in [2.05, 4.69) is 5.32 Å². The van der Waals surface area contributed by atoms with Gasteiger partial charge >= 0.3 is 0 Å². The lowest BCUT2D eigenvalue weighted by Gasteiger charge is -2.31. The predicted octanol–water partition coefficient (Wildman–Crippen LogP) is 4.74. The van der Waals surface area contributed by atoms with Crippen molar-refractivity contribution in [3.05, 3.63) is 84.3 Å². The standard InChI is InChI=1S/C25H26N2O4/c1-30-21-15-13-18(14-16-21)23(24(28)26-19-8-5-6-9-19)27(20-10-3-2-4-11-20)25(29)22-12-7-17-31-22/h2-4,7,10-17,19,23H,5-6,8-9H2,1H3,(H,26,28)/t23-/m0/s1. The minimum atomic E-state index is -0.855. The summed E-state index contributed by atoms with van der Waals surface area (Å²) in [6.45, 7) is 0. The molecule has 1 saturated carbocycles. The molecule has 3 aromatic rings. The van der Waals surface area contributed by atoms with Crippen molar-refractivity contribution in [2.45, 2.75) is 37.8 Å². The highest BCUT2D eigenvalue weighted by atomic mass is 16.5. The maximum absolute atomic E-state index is 13.6. The molecule has 2 amide bonds. The summed E-state index contributed by atoms with van der Waals surface area (Å²) in [5.74, 6) is 0.276. The molecule has 6 nitrogen and oxygen atoms in total. The summed E-state index contributed by atoms with van der Waals surface area (Å²) < 4.78 is 10.7. The Kier molecular flexibility index (Phi) is 6.36. The van der Waals surface area contributed by atoms with E-state index in [4.69, 9.17) is 9.15 Å². The highest BCUT2D eigenvalue weighted by Crippen LogP contribution is 2.31. The van der Waals surface area contributed by atoms with Crippen LogP contribution in [0.2, 0.25) is 0 Å². The number of benzene rings is 2. The summed E-state index contributed by atoms with van der Waals surface area (Å²) in [7, 11) is 1.59. The Hall–Kier alpha value is -3.54. The highest BCUT2D eigenvalue weighted by molar-refractivity contribution is 6.08. The Labute approximate surface area is 181 Å². The molecule has 0 radical (unpaired) electrons. The molecule has 1 aliphatic carbocycles. The van der Waals surface area contributed by atoms with Gasteiger partial charge in [-0.1, -0.05) is 43.2 Å². The van der Waals surface area contributed by atoms with E-state index in [1.807, 2.05) is 42.5 Å². The van der Waals surface area contributed by atoms with Gasteiger partial charge in [0, 0.05) is 11.7 Å². The smallest absolute Gasteiger partial charge is 0.294 e. The van der Waals surface area contributed by atoms with E-state index in [0.29, 0.717) is 17.0 Å². The number of amides is 2. The van der Waals surface area contributed by atoms with Crippen LogP contribution in [0.15, 0.2) is 77.4 Å². The second-order valence-electron chi connectivity index (χ2n) is 7.65. The number of furan rings is 1. The predicted molar refractivity (Wildman–Crippen MR) is 118 cm³/mol. The molecule has 0 saturated heterocycles. The SMILES string of the molecule is COc1ccc([C@@H](C(=O)NC2CCCC2)N(C(=O)c2ccco2)c2ccccc2)cc1. The van der Waals surface area contributed by atoms with Crippen molar-refractivity contribution < 1.29 is 18.7 Å². The van der Waals surface area contributed by atoms with Crippen molar-refractivity contribution in [3.63, 3.8) is 0 Å². The van der Waals surface area contributed by atoms with Gasteiger partial charge in [-0.05, 0) is 54.8 Å². The van der Waals surface area contributed by atoms with E-state index < -0.39 is 6.04 Å². The van der Waals surface area contributed by atoms with Crippen molar-refractivity contribution in [2.24, 2.45) is 0 Å². The van der Waals surface area contributed by atoms with Crippen LogP contribution >= 0.6 is 0 Å². The van der Waals surface area contributed by atoms with Gasteiger partial charge in [-0.2, -0.15) is 0 Å². The Morgan fingerprint density at radius 3 is 2.32 bits per heavy atom. The summed E-state index contributed by atoms with van der Waals surface area (Å²) in [5, 5.41) is 3.16. The lowest BCUT2D eigenvalue weighted by atomic mass is 10.0. The molecule has 1 heterocycles. The van der Waals surface area contributed by atoms with Gasteiger partial charge in [0.2, 0.25) is 5.91 Å². The summed E-state index contributed by atoms with van der Waals surface area (Å²) in [5.41, 5.74) is 1.31. The highest BCUT2D eigenvalue weighted by Gasteiger charge is 2.35. The molecule has 0 bridgehead atoms. The van der Waals surface area contributed by atoms with Crippen molar-refractivity contribution in [3.8, 4) is 5.75 Å². The Balaban J connectivity index is 1.78. The van der Waals surface area contributed by atoms with Gasteiger partial charge in [-0.15, -0.1) is 0 Å².